The zero-order valence-corrected chi connectivity index (χ0v) is 29.2. The molecule has 0 aromatic heterocycles. The Bertz CT molecular complexity index is 1030. The normalized spacial score (nSPS) is 14.2. The molecule has 1 N–H and O–H groups in total. The molecule has 0 atom stereocenters. The number of hydrogen-bond donors (Lipinski definition) is 1. The number of carbonyl (C=O) groups is 2. The van der Waals surface area contributed by atoms with Gasteiger partial charge in [-0.15, -0.1) is 0 Å². The topological polar surface area (TPSA) is 73.9 Å². The first-order valence-corrected chi connectivity index (χ1v) is 14.2. The molecule has 1 aromatic carbocycles. The highest BCUT2D eigenvalue weighted by Gasteiger charge is 2.44. The maximum Gasteiger partial charge on any atom is 0.387 e. The van der Waals surface area contributed by atoms with E-state index in [1.807, 2.05) is 0 Å². The van der Waals surface area contributed by atoms with Gasteiger partial charge in [-0.2, -0.15) is 8.78 Å². The van der Waals surface area contributed by atoms with Crippen molar-refractivity contribution in [3.8, 4) is 5.75 Å². The SMILES string of the molecule is CC[N+](CC)(CC)CC1=C(C(=O)OC)C(c2ccccc2OC(F)F)C(C(=O)OC)=C(C[N+](CC)(CC)CC)N1.[Br-].[Br-]. The van der Waals surface area contributed by atoms with E-state index in [1.165, 1.54) is 20.3 Å². The average molecular weight is 728 g/mol. The van der Waals surface area contributed by atoms with Crippen LogP contribution in [0.5, 0.6) is 5.75 Å². The van der Waals surface area contributed by atoms with Gasteiger partial charge in [-0.05, 0) is 47.6 Å². The number of likely N-dealkylation sites (N-methyl/N-ethyl adjacent to an activating group) is 2. The van der Waals surface area contributed by atoms with Gasteiger partial charge in [0.15, 0.2) is 0 Å². The van der Waals surface area contributed by atoms with Gasteiger partial charge in [-0.1, -0.05) is 18.2 Å². The van der Waals surface area contributed by atoms with Crippen LogP contribution in [0.3, 0.4) is 0 Å². The van der Waals surface area contributed by atoms with Gasteiger partial charge in [-0.25, -0.2) is 9.59 Å². The largest absolute Gasteiger partial charge is 1.00 e. The fourth-order valence-electron chi connectivity index (χ4n) is 5.68. The van der Waals surface area contributed by atoms with Gasteiger partial charge in [-0.3, -0.25) is 0 Å². The molecule has 0 saturated carbocycles. The number of benzene rings is 1. The lowest BCUT2D eigenvalue weighted by molar-refractivity contribution is -0.920. The average Bonchev–Trinajstić information content (AvgIpc) is 2.97. The summed E-state index contributed by atoms with van der Waals surface area (Å²) in [7, 11) is 2.55. The lowest BCUT2D eigenvalue weighted by atomic mass is 9.79. The Morgan fingerprint density at radius 1 is 0.762 bits per heavy atom. The molecule has 0 bridgehead atoms. The van der Waals surface area contributed by atoms with Crippen molar-refractivity contribution in [2.75, 3.05) is 66.6 Å². The van der Waals surface area contributed by atoms with Gasteiger partial charge in [0.2, 0.25) is 0 Å². The number of ether oxygens (including phenoxy) is 3. The second-order valence-corrected chi connectivity index (χ2v) is 10.1. The van der Waals surface area contributed by atoms with Crippen molar-refractivity contribution in [1.29, 1.82) is 0 Å². The molecule has 42 heavy (non-hydrogen) atoms. The maximum absolute atomic E-state index is 13.6. The molecule has 1 aliphatic rings. The summed E-state index contributed by atoms with van der Waals surface area (Å²) in [5.74, 6) is -2.46. The van der Waals surface area contributed by atoms with Crippen LogP contribution in [0.4, 0.5) is 8.78 Å². The number of dihydropyridines is 1. The molecule has 8 nitrogen and oxygen atoms in total. The standard InChI is InChI=1S/C30H46F2N3O5.2BrH/c1-9-34(10-2,11-3)19-22-26(28(36)38-7)25(21-17-15-16-18-24(21)40-30(31)32)27(29(37)39-8)23(33-22)20-35(12-4,13-5)14-6;;/h15-18,25,30H,9-14,19-20H2,1-8H3;2*1H/q+1;;/p-1. The molecule has 0 spiro atoms. The van der Waals surface area contributed by atoms with Gasteiger partial charge in [0.1, 0.15) is 18.8 Å². The highest BCUT2D eigenvalue weighted by molar-refractivity contribution is 6.00. The summed E-state index contributed by atoms with van der Waals surface area (Å²) in [5.41, 5.74) is 1.87. The molecule has 0 radical (unpaired) electrons. The van der Waals surface area contributed by atoms with Crippen LogP contribution in [0.1, 0.15) is 53.0 Å². The van der Waals surface area contributed by atoms with Crippen molar-refractivity contribution >= 4 is 11.9 Å². The molecule has 1 aliphatic heterocycles. The van der Waals surface area contributed by atoms with E-state index in [9.17, 15) is 18.4 Å². The highest BCUT2D eigenvalue weighted by atomic mass is 79.9. The van der Waals surface area contributed by atoms with Gasteiger partial charge >= 0.3 is 18.6 Å². The van der Waals surface area contributed by atoms with Crippen molar-refractivity contribution in [3.05, 3.63) is 52.4 Å². The van der Waals surface area contributed by atoms with Crippen LogP contribution in [0.15, 0.2) is 46.8 Å². The minimum Gasteiger partial charge on any atom is -1.00 e. The number of nitrogens with zero attached hydrogens (tertiary/aromatic N) is 2. The Balaban J connectivity index is 0.00000840. The first-order valence-electron chi connectivity index (χ1n) is 14.2. The molecule has 240 valence electrons. The number of rotatable bonds is 15. The van der Waals surface area contributed by atoms with Crippen molar-refractivity contribution < 1.29 is 75.5 Å². The van der Waals surface area contributed by atoms with Gasteiger partial charge in [0, 0.05) is 5.56 Å². The van der Waals surface area contributed by atoms with Crippen LogP contribution in [0, 0.1) is 0 Å². The molecular weight excluding hydrogens is 680 g/mol. The minimum absolute atomic E-state index is 0. The molecule has 0 aliphatic carbocycles. The van der Waals surface area contributed by atoms with Crippen molar-refractivity contribution in [1.82, 2.24) is 5.32 Å². The minimum atomic E-state index is -3.09. The van der Waals surface area contributed by atoms with Crippen LogP contribution in [0.25, 0.3) is 0 Å². The number of halogens is 4. The van der Waals surface area contributed by atoms with E-state index in [-0.39, 0.29) is 56.4 Å². The number of nitrogens with one attached hydrogen (secondary N) is 1. The molecule has 12 heteroatoms. The van der Waals surface area contributed by atoms with E-state index in [0.29, 0.717) is 33.4 Å². The summed E-state index contributed by atoms with van der Waals surface area (Å²) in [4.78, 5) is 27.1. The second-order valence-electron chi connectivity index (χ2n) is 10.1. The van der Waals surface area contributed by atoms with Crippen LogP contribution in [-0.4, -0.2) is 94.1 Å². The van der Waals surface area contributed by atoms with Crippen LogP contribution in [0.2, 0.25) is 0 Å². The predicted molar refractivity (Wildman–Crippen MR) is 151 cm³/mol. The Labute approximate surface area is 270 Å². The fourth-order valence-corrected chi connectivity index (χ4v) is 5.68. The number of quaternary nitrogens is 2. The molecule has 0 amide bonds. The summed E-state index contributed by atoms with van der Waals surface area (Å²) in [6.45, 7) is 15.3. The van der Waals surface area contributed by atoms with E-state index < -0.39 is 24.5 Å². The Morgan fingerprint density at radius 2 is 1.14 bits per heavy atom. The second kappa shape index (κ2) is 17.9. The molecule has 0 unspecified atom stereocenters. The summed E-state index contributed by atoms with van der Waals surface area (Å²) >= 11 is 0. The van der Waals surface area contributed by atoms with Crippen LogP contribution in [-0.2, 0) is 19.1 Å². The summed E-state index contributed by atoms with van der Waals surface area (Å²) < 4.78 is 43.8. The van der Waals surface area contributed by atoms with Gasteiger partial charge in [0.25, 0.3) is 0 Å². The highest BCUT2D eigenvalue weighted by Crippen LogP contribution is 2.44. The predicted octanol–water partition coefficient (Wildman–Crippen LogP) is -1.41. The number of hydrogen-bond acceptors (Lipinski definition) is 6. The molecular formula is C30H47Br2F2N3O5. The number of esters is 2. The number of carbonyl (C=O) groups excluding carboxylic acids is 2. The lowest BCUT2D eigenvalue weighted by Gasteiger charge is -2.42. The van der Waals surface area contributed by atoms with Crippen molar-refractivity contribution in [2.45, 2.75) is 54.1 Å². The third-order valence-corrected chi connectivity index (χ3v) is 8.80. The van der Waals surface area contributed by atoms with Gasteiger partial charge in [0.05, 0.1) is 81.9 Å². The molecule has 1 heterocycles. The molecule has 2 rings (SSSR count). The third-order valence-electron chi connectivity index (χ3n) is 8.80. The number of para-hydroxylation sites is 1. The fraction of sp³-hybridized carbons (Fsp3) is 0.600. The van der Waals surface area contributed by atoms with Crippen LogP contribution < -0.4 is 44.0 Å². The summed E-state index contributed by atoms with van der Waals surface area (Å²) in [5, 5.41) is 3.50. The lowest BCUT2D eigenvalue weighted by Crippen LogP contribution is -3.00. The quantitative estimate of drug-likeness (QED) is 0.177. The zero-order valence-electron chi connectivity index (χ0n) is 26.1. The van der Waals surface area contributed by atoms with Crippen molar-refractivity contribution in [3.63, 3.8) is 0 Å². The number of methoxy groups -OCH3 is 2. The Morgan fingerprint density at radius 3 is 1.48 bits per heavy atom. The molecule has 0 fully saturated rings. The van der Waals surface area contributed by atoms with E-state index >= 15 is 0 Å². The van der Waals surface area contributed by atoms with E-state index in [2.05, 4.69) is 46.9 Å². The van der Waals surface area contributed by atoms with Crippen LogP contribution >= 0.6 is 0 Å². The number of alkyl halides is 2. The van der Waals surface area contributed by atoms with Gasteiger partial charge < -0.3 is 62.5 Å². The van der Waals surface area contributed by atoms with E-state index in [0.717, 1.165) is 39.3 Å². The smallest absolute Gasteiger partial charge is 0.387 e. The van der Waals surface area contributed by atoms with Crippen molar-refractivity contribution in [2.24, 2.45) is 0 Å². The Kier molecular flexibility index (Phi) is 17.1. The summed E-state index contributed by atoms with van der Waals surface area (Å²) in [6.07, 6.45) is 0. The first-order chi connectivity index (χ1) is 19.0. The maximum atomic E-state index is 13.6. The first kappa shape index (κ1) is 40.0. The zero-order chi connectivity index (χ0) is 30.1. The van der Waals surface area contributed by atoms with E-state index in [4.69, 9.17) is 14.2 Å². The monoisotopic (exact) mass is 725 g/mol. The summed E-state index contributed by atoms with van der Waals surface area (Å²) in [6, 6.07) is 6.28. The third kappa shape index (κ3) is 8.76. The molecule has 1 aromatic rings. The van der Waals surface area contributed by atoms with E-state index in [1.54, 1.807) is 18.2 Å². The molecule has 0 saturated heterocycles. The Hall–Kier alpha value is -2.02.